The molecule has 2 aromatic carbocycles. The zero-order valence-electron chi connectivity index (χ0n) is 15.9. The lowest BCUT2D eigenvalue weighted by atomic mass is 10.0. The van der Waals surface area contributed by atoms with Crippen LogP contribution in [0, 0.1) is 11.3 Å². The molecule has 0 aliphatic rings. The third-order valence-electron chi connectivity index (χ3n) is 3.91. The minimum Gasteiger partial charge on any atom is -0.491 e. The van der Waals surface area contributed by atoms with Crippen LogP contribution in [-0.4, -0.2) is 19.2 Å². The third-order valence-corrected chi connectivity index (χ3v) is 3.91. The van der Waals surface area contributed by atoms with Crippen LogP contribution in [-0.2, 0) is 16.0 Å². The Morgan fingerprint density at radius 3 is 2.52 bits per heavy atom. The molecule has 1 unspecified atom stereocenters. The number of carbonyl (C=O) groups is 1. The molecule has 0 saturated carbocycles. The van der Waals surface area contributed by atoms with Crippen molar-refractivity contribution in [2.45, 2.75) is 32.4 Å². The summed E-state index contributed by atoms with van der Waals surface area (Å²) in [4.78, 5) is 12.4. The maximum absolute atomic E-state index is 12.4. The van der Waals surface area contributed by atoms with E-state index in [9.17, 15) is 4.79 Å². The van der Waals surface area contributed by atoms with Gasteiger partial charge in [0.05, 0.1) is 24.8 Å². The molecule has 0 saturated heterocycles. The molecule has 0 spiro atoms. The van der Waals surface area contributed by atoms with E-state index in [2.05, 4.69) is 18.0 Å². The number of methoxy groups -OCH3 is 1. The molecule has 140 valence electrons. The van der Waals surface area contributed by atoms with Crippen molar-refractivity contribution in [1.29, 1.82) is 5.26 Å². The first-order chi connectivity index (χ1) is 13.0. The predicted octanol–water partition coefficient (Wildman–Crippen LogP) is 4.40. The largest absolute Gasteiger partial charge is 0.491 e. The number of benzene rings is 2. The van der Waals surface area contributed by atoms with Crippen molar-refractivity contribution in [2.75, 3.05) is 12.4 Å². The van der Waals surface area contributed by atoms with Gasteiger partial charge in [-0.15, -0.1) is 6.58 Å². The molecule has 0 amide bonds. The highest BCUT2D eigenvalue weighted by Crippen LogP contribution is 2.28. The second-order valence-corrected chi connectivity index (χ2v) is 6.32. The first kappa shape index (κ1) is 20.1. The van der Waals surface area contributed by atoms with Gasteiger partial charge in [0.15, 0.2) is 6.04 Å². The second-order valence-electron chi connectivity index (χ2n) is 6.32. The van der Waals surface area contributed by atoms with Crippen LogP contribution in [0.1, 0.15) is 36.6 Å². The van der Waals surface area contributed by atoms with Gasteiger partial charge in [-0.1, -0.05) is 12.1 Å². The van der Waals surface area contributed by atoms with Gasteiger partial charge in [0.25, 0.3) is 0 Å². The van der Waals surface area contributed by atoms with Gasteiger partial charge < -0.3 is 14.8 Å². The third kappa shape index (κ3) is 5.35. The van der Waals surface area contributed by atoms with E-state index in [1.807, 2.05) is 32.0 Å². The van der Waals surface area contributed by atoms with Crippen LogP contribution in [0.3, 0.4) is 0 Å². The molecule has 2 rings (SSSR count). The summed E-state index contributed by atoms with van der Waals surface area (Å²) in [5.41, 5.74) is 2.99. The standard InChI is InChI=1S/C22H24N2O3/c1-5-6-17-13-18(9-12-20(17)27-15(2)3)21(22(25)26-4)24-19-10-7-16(14-23)8-11-19/h5,7-13,15,21,24H,1,6H2,2-4H3. The molecule has 1 N–H and O–H groups in total. The molecular formula is C22H24N2O3. The molecule has 1 atom stereocenters. The number of carbonyl (C=O) groups excluding carboxylic acids is 1. The van der Waals surface area contributed by atoms with Gasteiger partial charge in [-0.25, -0.2) is 4.79 Å². The van der Waals surface area contributed by atoms with Gasteiger partial charge in [-0.3, -0.25) is 0 Å². The minimum absolute atomic E-state index is 0.0487. The molecule has 0 heterocycles. The molecule has 5 nitrogen and oxygen atoms in total. The Morgan fingerprint density at radius 2 is 1.96 bits per heavy atom. The zero-order chi connectivity index (χ0) is 19.8. The van der Waals surface area contributed by atoms with Crippen LogP contribution in [0.4, 0.5) is 5.69 Å². The van der Waals surface area contributed by atoms with Gasteiger partial charge in [0.1, 0.15) is 5.75 Å². The van der Waals surface area contributed by atoms with Crippen LogP contribution in [0.2, 0.25) is 0 Å². The van der Waals surface area contributed by atoms with E-state index in [1.54, 1.807) is 30.3 Å². The first-order valence-electron chi connectivity index (χ1n) is 8.73. The van der Waals surface area contributed by atoms with E-state index in [-0.39, 0.29) is 6.10 Å². The Kier molecular flexibility index (Phi) is 7.01. The SMILES string of the molecule is C=CCc1cc(C(Nc2ccc(C#N)cc2)C(=O)OC)ccc1OC(C)C. The van der Waals surface area contributed by atoms with Crippen LogP contribution >= 0.6 is 0 Å². The lowest BCUT2D eigenvalue weighted by molar-refractivity contribution is -0.141. The maximum Gasteiger partial charge on any atom is 0.332 e. The van der Waals surface area contributed by atoms with Gasteiger partial charge in [0, 0.05) is 5.69 Å². The lowest BCUT2D eigenvalue weighted by Crippen LogP contribution is -2.22. The number of nitrogens with one attached hydrogen (secondary N) is 1. The van der Waals surface area contributed by atoms with Crippen LogP contribution < -0.4 is 10.1 Å². The molecule has 0 fully saturated rings. The Labute approximate surface area is 160 Å². The average Bonchev–Trinajstić information content (AvgIpc) is 2.67. The molecule has 0 radical (unpaired) electrons. The number of nitrogens with zero attached hydrogens (tertiary/aromatic N) is 1. The van der Waals surface area contributed by atoms with E-state index in [0.29, 0.717) is 12.0 Å². The molecule has 2 aromatic rings. The fourth-order valence-electron chi connectivity index (χ4n) is 2.67. The van der Waals surface area contributed by atoms with Crippen LogP contribution in [0.25, 0.3) is 0 Å². The Hall–Kier alpha value is -3.26. The van der Waals surface area contributed by atoms with E-state index < -0.39 is 12.0 Å². The quantitative estimate of drug-likeness (QED) is 0.555. The second kappa shape index (κ2) is 9.44. The molecular weight excluding hydrogens is 340 g/mol. The summed E-state index contributed by atoms with van der Waals surface area (Å²) in [7, 11) is 1.36. The highest BCUT2D eigenvalue weighted by atomic mass is 16.5. The number of nitriles is 1. The van der Waals surface area contributed by atoms with Crippen molar-refractivity contribution in [1.82, 2.24) is 0 Å². The smallest absolute Gasteiger partial charge is 0.332 e. The fraction of sp³-hybridized carbons (Fsp3) is 0.273. The predicted molar refractivity (Wildman–Crippen MR) is 106 cm³/mol. The molecule has 0 aliphatic carbocycles. The van der Waals surface area contributed by atoms with Crippen LogP contribution in [0.15, 0.2) is 55.1 Å². The highest BCUT2D eigenvalue weighted by molar-refractivity contribution is 5.81. The normalized spacial score (nSPS) is 11.4. The number of anilines is 1. The molecule has 0 aromatic heterocycles. The molecule has 5 heteroatoms. The number of hydrogen-bond donors (Lipinski definition) is 1. The summed E-state index contributed by atoms with van der Waals surface area (Å²) in [6.07, 6.45) is 2.47. The summed E-state index contributed by atoms with van der Waals surface area (Å²) in [5, 5.41) is 12.1. The van der Waals surface area contributed by atoms with Crippen molar-refractivity contribution in [3.05, 3.63) is 71.8 Å². The van der Waals surface area contributed by atoms with Crippen molar-refractivity contribution in [2.24, 2.45) is 0 Å². The maximum atomic E-state index is 12.4. The van der Waals surface area contributed by atoms with Gasteiger partial charge in [0.2, 0.25) is 0 Å². The zero-order valence-corrected chi connectivity index (χ0v) is 15.9. The fourth-order valence-corrected chi connectivity index (χ4v) is 2.67. The van der Waals surface area contributed by atoms with Gasteiger partial charge >= 0.3 is 5.97 Å². The Balaban J connectivity index is 2.37. The van der Waals surface area contributed by atoms with E-state index in [0.717, 1.165) is 22.6 Å². The first-order valence-corrected chi connectivity index (χ1v) is 8.73. The number of hydrogen-bond acceptors (Lipinski definition) is 5. The van der Waals surface area contributed by atoms with Crippen molar-refractivity contribution in [3.8, 4) is 11.8 Å². The Morgan fingerprint density at radius 1 is 1.26 bits per heavy atom. The molecule has 0 aliphatic heterocycles. The average molecular weight is 364 g/mol. The summed E-state index contributed by atoms with van der Waals surface area (Å²) >= 11 is 0. The molecule has 0 bridgehead atoms. The summed E-state index contributed by atoms with van der Waals surface area (Å²) in [6.45, 7) is 7.73. The summed E-state index contributed by atoms with van der Waals surface area (Å²) in [5.74, 6) is 0.372. The number of rotatable bonds is 8. The van der Waals surface area contributed by atoms with Crippen molar-refractivity contribution >= 4 is 11.7 Å². The monoisotopic (exact) mass is 364 g/mol. The summed E-state index contributed by atoms with van der Waals surface area (Å²) in [6, 6.07) is 13.9. The molecule has 27 heavy (non-hydrogen) atoms. The number of esters is 1. The highest BCUT2D eigenvalue weighted by Gasteiger charge is 2.22. The van der Waals surface area contributed by atoms with Crippen molar-refractivity contribution < 1.29 is 14.3 Å². The van der Waals surface area contributed by atoms with Gasteiger partial charge in [-0.2, -0.15) is 5.26 Å². The van der Waals surface area contributed by atoms with Gasteiger partial charge in [-0.05, 0) is 67.8 Å². The minimum atomic E-state index is -0.681. The van der Waals surface area contributed by atoms with Crippen molar-refractivity contribution in [3.63, 3.8) is 0 Å². The summed E-state index contributed by atoms with van der Waals surface area (Å²) < 4.78 is 10.8. The van der Waals surface area contributed by atoms with E-state index in [4.69, 9.17) is 14.7 Å². The van der Waals surface area contributed by atoms with Crippen LogP contribution in [0.5, 0.6) is 5.75 Å². The lowest BCUT2D eigenvalue weighted by Gasteiger charge is -2.20. The topological polar surface area (TPSA) is 71.4 Å². The van der Waals surface area contributed by atoms with E-state index >= 15 is 0 Å². The number of allylic oxidation sites excluding steroid dienone is 1. The Bertz CT molecular complexity index is 836. The van der Waals surface area contributed by atoms with E-state index in [1.165, 1.54) is 7.11 Å². The number of ether oxygens (including phenoxy) is 2.